The zero-order chi connectivity index (χ0) is 19.7. The third-order valence-electron chi connectivity index (χ3n) is 5.38. The van der Waals surface area contributed by atoms with Crippen LogP contribution >= 0.6 is 23.2 Å². The molecular weight excluding hydrogens is 397 g/mol. The van der Waals surface area contributed by atoms with Crippen molar-refractivity contribution in [2.24, 2.45) is 0 Å². The van der Waals surface area contributed by atoms with Crippen molar-refractivity contribution in [3.63, 3.8) is 0 Å². The van der Waals surface area contributed by atoms with Gasteiger partial charge in [-0.05, 0) is 23.8 Å². The topological polar surface area (TPSA) is 43.9 Å². The van der Waals surface area contributed by atoms with Gasteiger partial charge in [-0.15, -0.1) is 0 Å². The average Bonchev–Trinajstić information content (AvgIpc) is 3.00. The highest BCUT2D eigenvalue weighted by Gasteiger charge is 2.43. The number of halogens is 2. The van der Waals surface area contributed by atoms with E-state index in [1.54, 1.807) is 18.2 Å². The fraction of sp³-hybridized carbons (Fsp3) is 0.333. The van der Waals surface area contributed by atoms with Crippen molar-refractivity contribution in [2.75, 3.05) is 31.1 Å². The number of hydrogen-bond acceptors (Lipinski definition) is 4. The van der Waals surface area contributed by atoms with Crippen molar-refractivity contribution >= 4 is 40.7 Å². The highest BCUT2D eigenvalue weighted by atomic mass is 35.5. The van der Waals surface area contributed by atoms with E-state index in [-0.39, 0.29) is 18.2 Å². The summed E-state index contributed by atoms with van der Waals surface area (Å²) in [4.78, 5) is 31.2. The maximum atomic E-state index is 13.0. The van der Waals surface area contributed by atoms with Crippen LogP contribution in [0.3, 0.4) is 0 Å². The quantitative estimate of drug-likeness (QED) is 0.714. The first kappa shape index (κ1) is 19.4. The van der Waals surface area contributed by atoms with Crippen LogP contribution in [0.15, 0.2) is 48.5 Å². The van der Waals surface area contributed by atoms with Gasteiger partial charge in [-0.2, -0.15) is 0 Å². The van der Waals surface area contributed by atoms with Crippen LogP contribution in [0.2, 0.25) is 10.0 Å². The number of carbonyl (C=O) groups is 2. The highest BCUT2D eigenvalue weighted by Crippen LogP contribution is 2.31. The third kappa shape index (κ3) is 3.94. The lowest BCUT2D eigenvalue weighted by atomic mass is 10.1. The first-order chi connectivity index (χ1) is 13.5. The molecule has 1 atom stereocenters. The van der Waals surface area contributed by atoms with Crippen LogP contribution in [0.4, 0.5) is 5.69 Å². The standard InChI is InChI=1S/C21H21Cl2N3O2/c22-17-7-6-16(12-18(17)23)26-20(27)13-19(21(26)28)25-10-8-24(9-11-25)14-15-4-2-1-3-5-15/h1-7,12,19H,8-11,13-14H2/t19-/m1/s1. The summed E-state index contributed by atoms with van der Waals surface area (Å²) in [5, 5.41) is 0.730. The first-order valence-electron chi connectivity index (χ1n) is 9.35. The van der Waals surface area contributed by atoms with E-state index in [1.165, 1.54) is 10.5 Å². The molecule has 28 heavy (non-hydrogen) atoms. The zero-order valence-electron chi connectivity index (χ0n) is 15.4. The van der Waals surface area contributed by atoms with E-state index in [0.717, 1.165) is 32.7 Å². The maximum absolute atomic E-state index is 13.0. The lowest BCUT2D eigenvalue weighted by Crippen LogP contribution is -2.52. The number of rotatable bonds is 4. The molecular formula is C21H21Cl2N3O2. The second-order valence-electron chi connectivity index (χ2n) is 7.18. The van der Waals surface area contributed by atoms with Gasteiger partial charge in [0.15, 0.2) is 0 Å². The lowest BCUT2D eigenvalue weighted by Gasteiger charge is -2.37. The van der Waals surface area contributed by atoms with Crippen molar-refractivity contribution in [1.29, 1.82) is 0 Å². The molecule has 2 amide bonds. The molecule has 0 saturated carbocycles. The second kappa shape index (κ2) is 8.21. The molecule has 5 nitrogen and oxygen atoms in total. The van der Waals surface area contributed by atoms with Gasteiger partial charge in [-0.1, -0.05) is 53.5 Å². The molecule has 2 aromatic carbocycles. The number of benzene rings is 2. The Hall–Kier alpha value is -1.92. The summed E-state index contributed by atoms with van der Waals surface area (Å²) in [6.45, 7) is 4.19. The SMILES string of the molecule is O=C1C[C@@H](N2CCN(Cc3ccccc3)CC2)C(=O)N1c1ccc(Cl)c(Cl)c1. The van der Waals surface area contributed by atoms with Gasteiger partial charge in [0.25, 0.3) is 5.91 Å². The number of carbonyl (C=O) groups excluding carboxylic acids is 2. The number of anilines is 1. The van der Waals surface area contributed by atoms with E-state index in [0.29, 0.717) is 15.7 Å². The molecule has 0 radical (unpaired) electrons. The Balaban J connectivity index is 1.40. The number of piperazine rings is 1. The number of nitrogens with zero attached hydrogens (tertiary/aromatic N) is 3. The smallest absolute Gasteiger partial charge is 0.251 e. The van der Waals surface area contributed by atoms with Crippen molar-refractivity contribution in [3.05, 3.63) is 64.1 Å². The Morgan fingerprint density at radius 1 is 0.893 bits per heavy atom. The summed E-state index contributed by atoms with van der Waals surface area (Å²) in [7, 11) is 0. The van der Waals surface area contributed by atoms with Crippen molar-refractivity contribution in [1.82, 2.24) is 9.80 Å². The monoisotopic (exact) mass is 417 g/mol. The molecule has 2 aromatic rings. The summed E-state index contributed by atoms with van der Waals surface area (Å²) < 4.78 is 0. The van der Waals surface area contributed by atoms with Crippen LogP contribution in [0, 0.1) is 0 Å². The van der Waals surface area contributed by atoms with E-state index in [2.05, 4.69) is 21.9 Å². The van der Waals surface area contributed by atoms with Crippen molar-refractivity contribution in [3.8, 4) is 0 Å². The van der Waals surface area contributed by atoms with Crippen LogP contribution in [0.1, 0.15) is 12.0 Å². The van der Waals surface area contributed by atoms with E-state index >= 15 is 0 Å². The van der Waals surface area contributed by atoms with Gasteiger partial charge in [0.2, 0.25) is 5.91 Å². The van der Waals surface area contributed by atoms with E-state index < -0.39 is 6.04 Å². The summed E-state index contributed by atoms with van der Waals surface area (Å²) in [6, 6.07) is 14.8. The zero-order valence-corrected chi connectivity index (χ0v) is 16.9. The predicted molar refractivity (Wildman–Crippen MR) is 111 cm³/mol. The van der Waals surface area contributed by atoms with Crippen LogP contribution in [0.5, 0.6) is 0 Å². The summed E-state index contributed by atoms with van der Waals surface area (Å²) in [6.07, 6.45) is 0.206. The molecule has 2 aliphatic rings. The van der Waals surface area contributed by atoms with Crippen LogP contribution in [-0.2, 0) is 16.1 Å². The van der Waals surface area contributed by atoms with Gasteiger partial charge < -0.3 is 0 Å². The van der Waals surface area contributed by atoms with Crippen LogP contribution in [-0.4, -0.2) is 53.8 Å². The van der Waals surface area contributed by atoms with Gasteiger partial charge in [-0.3, -0.25) is 19.4 Å². The van der Waals surface area contributed by atoms with Gasteiger partial charge in [0, 0.05) is 32.7 Å². The highest BCUT2D eigenvalue weighted by molar-refractivity contribution is 6.42. The molecule has 2 heterocycles. The summed E-state index contributed by atoms with van der Waals surface area (Å²) in [5.74, 6) is -0.375. The fourth-order valence-electron chi connectivity index (χ4n) is 3.87. The molecule has 2 fully saturated rings. The molecule has 0 N–H and O–H groups in total. The minimum atomic E-state index is -0.402. The minimum absolute atomic E-state index is 0.181. The number of imide groups is 1. The van der Waals surface area contributed by atoms with Crippen molar-refractivity contribution in [2.45, 2.75) is 19.0 Å². The van der Waals surface area contributed by atoms with Crippen LogP contribution < -0.4 is 4.90 Å². The maximum Gasteiger partial charge on any atom is 0.251 e. The first-order valence-corrected chi connectivity index (χ1v) is 10.1. The van der Waals surface area contributed by atoms with Crippen LogP contribution in [0.25, 0.3) is 0 Å². The molecule has 0 bridgehead atoms. The largest absolute Gasteiger partial charge is 0.297 e. The molecule has 0 spiro atoms. The average molecular weight is 418 g/mol. The Kier molecular flexibility index (Phi) is 5.69. The number of hydrogen-bond donors (Lipinski definition) is 0. The van der Waals surface area contributed by atoms with Gasteiger partial charge >= 0.3 is 0 Å². The molecule has 7 heteroatoms. The third-order valence-corrected chi connectivity index (χ3v) is 6.12. The predicted octanol–water partition coefficient (Wildman–Crippen LogP) is 3.44. The lowest BCUT2D eigenvalue weighted by molar-refractivity contribution is -0.123. The van der Waals surface area contributed by atoms with E-state index in [1.807, 2.05) is 18.2 Å². The second-order valence-corrected chi connectivity index (χ2v) is 8.00. The normalized spacial score (nSPS) is 21.5. The Labute approximate surface area is 174 Å². The molecule has 0 unspecified atom stereocenters. The molecule has 146 valence electrons. The van der Waals surface area contributed by atoms with Gasteiger partial charge in [0.05, 0.1) is 28.2 Å². The molecule has 0 aromatic heterocycles. The van der Waals surface area contributed by atoms with Gasteiger partial charge in [0.1, 0.15) is 0 Å². The Bertz CT molecular complexity index is 882. The van der Waals surface area contributed by atoms with Crippen molar-refractivity contribution < 1.29 is 9.59 Å². The Morgan fingerprint density at radius 2 is 1.61 bits per heavy atom. The van der Waals surface area contributed by atoms with Gasteiger partial charge in [-0.25, -0.2) is 4.90 Å². The van der Waals surface area contributed by atoms with E-state index in [4.69, 9.17) is 23.2 Å². The fourth-order valence-corrected chi connectivity index (χ4v) is 4.16. The molecule has 0 aliphatic carbocycles. The molecule has 4 rings (SSSR count). The summed E-state index contributed by atoms with van der Waals surface area (Å²) in [5.41, 5.74) is 1.77. The van der Waals surface area contributed by atoms with E-state index in [9.17, 15) is 9.59 Å². The number of amides is 2. The minimum Gasteiger partial charge on any atom is -0.297 e. The molecule has 2 saturated heterocycles. The molecule has 2 aliphatic heterocycles. The summed E-state index contributed by atoms with van der Waals surface area (Å²) >= 11 is 12.0. The Morgan fingerprint density at radius 3 is 2.29 bits per heavy atom.